The van der Waals surface area contributed by atoms with E-state index in [-0.39, 0.29) is 0 Å². The molecule has 0 saturated heterocycles. The van der Waals surface area contributed by atoms with Gasteiger partial charge in [0.2, 0.25) is 0 Å². The normalized spacial score (nSPS) is 15.3. The summed E-state index contributed by atoms with van der Waals surface area (Å²) in [4.78, 5) is 0. The van der Waals surface area contributed by atoms with Gasteiger partial charge in [0.05, 0.1) is 0 Å². The molecule has 0 aromatic heterocycles. The van der Waals surface area contributed by atoms with Gasteiger partial charge in [-0.2, -0.15) is 34.4 Å². The average molecular weight is 346 g/mol. The van der Waals surface area contributed by atoms with Crippen LogP contribution in [0.4, 0.5) is 35.1 Å². The number of rotatable bonds is 6. The summed E-state index contributed by atoms with van der Waals surface area (Å²) >= 11 is 0. The molecule has 15 heteroatoms. The Labute approximate surface area is 99.9 Å². The van der Waals surface area contributed by atoms with Crippen LogP contribution in [-0.4, -0.2) is 40.2 Å². The number of halogens is 8. The fraction of sp³-hybridized carbons (Fsp3) is 1.00. The molecule has 0 atom stereocenters. The van der Waals surface area contributed by atoms with Gasteiger partial charge in [-0.05, 0) is 0 Å². The molecule has 116 valence electrons. The maximum atomic E-state index is 12.3. The maximum Gasteiger partial charge on any atom is 0.429 e. The van der Waals surface area contributed by atoms with Crippen molar-refractivity contribution in [2.45, 2.75) is 23.4 Å². The summed E-state index contributed by atoms with van der Waals surface area (Å²) < 4.78 is 139. The summed E-state index contributed by atoms with van der Waals surface area (Å²) in [7, 11) is -14.2. The van der Waals surface area contributed by atoms with Crippen molar-refractivity contribution >= 4 is 20.2 Å². The van der Waals surface area contributed by atoms with Gasteiger partial charge in [-0.1, -0.05) is 0 Å². The fourth-order valence-electron chi connectivity index (χ4n) is 0.427. The summed E-state index contributed by atoms with van der Waals surface area (Å²) in [5.74, 6) is 0. The van der Waals surface area contributed by atoms with E-state index in [9.17, 15) is 52.0 Å². The number of hydrogen-bond acceptors (Lipinski definition) is 5. The summed E-state index contributed by atoms with van der Waals surface area (Å²) in [5, 5.41) is -12.4. The predicted octanol–water partition coefficient (Wildman–Crippen LogP) is 1.38. The third-order valence-corrected chi connectivity index (χ3v) is 4.48. The van der Waals surface area contributed by atoms with E-state index in [1.54, 1.807) is 0 Å². The smallest absolute Gasteiger partial charge is 0.202 e. The molecule has 0 aromatic carbocycles. The molecule has 0 aliphatic heterocycles. The van der Waals surface area contributed by atoms with Crippen LogP contribution in [0.2, 0.25) is 0 Å². The van der Waals surface area contributed by atoms with E-state index in [1.807, 2.05) is 0 Å². The van der Waals surface area contributed by atoms with Gasteiger partial charge in [-0.15, -0.1) is 3.63 Å². The highest BCUT2D eigenvalue weighted by Crippen LogP contribution is 2.36. The van der Waals surface area contributed by atoms with Gasteiger partial charge in [0.1, 0.15) is 0 Å². The first-order valence-corrected chi connectivity index (χ1v) is 6.43. The van der Waals surface area contributed by atoms with Crippen molar-refractivity contribution < 1.29 is 55.6 Å². The Bertz CT molecular complexity index is 473. The van der Waals surface area contributed by atoms with Crippen LogP contribution in [0.1, 0.15) is 0 Å². The van der Waals surface area contributed by atoms with E-state index >= 15 is 0 Å². The Balaban J connectivity index is 5.62. The molecule has 0 saturated carbocycles. The van der Waals surface area contributed by atoms with Crippen LogP contribution in [0, 0.1) is 0 Å². The second kappa shape index (κ2) is 5.01. The molecule has 0 heterocycles. The largest absolute Gasteiger partial charge is 0.429 e. The lowest BCUT2D eigenvalue weighted by atomic mass is 10.7. The molecule has 0 spiro atoms. The van der Waals surface area contributed by atoms with Gasteiger partial charge in [-0.25, -0.2) is 17.6 Å². The van der Waals surface area contributed by atoms with Crippen molar-refractivity contribution in [2.75, 3.05) is 0 Å². The number of alkyl halides is 8. The first-order chi connectivity index (χ1) is 8.09. The van der Waals surface area contributed by atoms with Gasteiger partial charge in [0, 0.05) is 0 Å². The first kappa shape index (κ1) is 18.3. The van der Waals surface area contributed by atoms with E-state index in [2.05, 4.69) is 3.63 Å². The lowest BCUT2D eigenvalue weighted by Crippen LogP contribution is -2.44. The van der Waals surface area contributed by atoms with Gasteiger partial charge in [-0.3, -0.25) is 0 Å². The van der Waals surface area contributed by atoms with E-state index in [4.69, 9.17) is 0 Å². The maximum absolute atomic E-state index is 12.3. The lowest BCUT2D eigenvalue weighted by Gasteiger charge is -2.18. The van der Waals surface area contributed by atoms with Crippen LogP contribution in [-0.2, 0) is 23.9 Å². The molecule has 0 unspecified atom stereocenters. The van der Waals surface area contributed by atoms with Gasteiger partial charge in [0.25, 0.3) is 0 Å². The molecule has 5 nitrogen and oxygen atoms in total. The molecule has 0 fully saturated rings. The zero-order valence-electron chi connectivity index (χ0n) is 8.04. The van der Waals surface area contributed by atoms with Crippen molar-refractivity contribution in [3.8, 4) is 0 Å². The summed E-state index contributed by atoms with van der Waals surface area (Å²) in [5.41, 5.74) is 0. The van der Waals surface area contributed by atoms with E-state index in [0.29, 0.717) is 0 Å². The summed E-state index contributed by atoms with van der Waals surface area (Å²) in [6.07, 6.45) is -10.1. The van der Waals surface area contributed by atoms with E-state index < -0.39 is 43.6 Å². The average Bonchev–Trinajstić information content (AvgIpc) is 2.14. The van der Waals surface area contributed by atoms with Crippen molar-refractivity contribution in [1.82, 2.24) is 0 Å². The summed E-state index contributed by atoms with van der Waals surface area (Å²) in [6, 6.07) is 0. The molecule has 0 rings (SSSR count). The molecule has 0 amide bonds. The van der Waals surface area contributed by atoms with Crippen LogP contribution < -0.4 is 0 Å². The monoisotopic (exact) mass is 346 g/mol. The minimum Gasteiger partial charge on any atom is -0.202 e. The second-order valence-electron chi connectivity index (χ2n) is 2.70. The highest BCUT2D eigenvalue weighted by molar-refractivity contribution is 8.00. The Morgan fingerprint density at radius 3 is 1.05 bits per heavy atom. The Hall–Kier alpha value is -0.700. The molecular formula is C4H2F8O5S2. The minimum absolute atomic E-state index is 2.16. The molecular weight excluding hydrogens is 344 g/mol. The molecule has 0 aliphatic rings. The Morgan fingerprint density at radius 1 is 0.684 bits per heavy atom. The van der Waals surface area contributed by atoms with Crippen LogP contribution in [0.5, 0.6) is 0 Å². The molecule has 0 N–H and O–H groups in total. The van der Waals surface area contributed by atoms with Crippen LogP contribution in [0.3, 0.4) is 0 Å². The first-order valence-electron chi connectivity index (χ1n) is 3.61. The van der Waals surface area contributed by atoms with Crippen molar-refractivity contribution in [1.29, 1.82) is 0 Å². The quantitative estimate of drug-likeness (QED) is 0.679. The predicted molar refractivity (Wildman–Crippen MR) is 40.8 cm³/mol. The minimum atomic E-state index is -7.12. The van der Waals surface area contributed by atoms with Crippen LogP contribution in [0.15, 0.2) is 0 Å². The van der Waals surface area contributed by atoms with Gasteiger partial charge >= 0.3 is 43.6 Å². The van der Waals surface area contributed by atoms with Crippen molar-refractivity contribution in [2.24, 2.45) is 0 Å². The van der Waals surface area contributed by atoms with Crippen molar-refractivity contribution in [3.63, 3.8) is 0 Å². The second-order valence-corrected chi connectivity index (χ2v) is 6.15. The third-order valence-electron chi connectivity index (χ3n) is 1.35. The van der Waals surface area contributed by atoms with Gasteiger partial charge in [0.15, 0.2) is 0 Å². The SMILES string of the molecule is O=S(=O)(OS(=O)(=O)C(F)(F)C(F)F)C(F)(F)C(F)F. The highest BCUT2D eigenvalue weighted by atomic mass is 32.3. The Morgan fingerprint density at radius 2 is 0.895 bits per heavy atom. The van der Waals surface area contributed by atoms with E-state index in [1.165, 1.54) is 0 Å². The molecule has 0 radical (unpaired) electrons. The summed E-state index contributed by atoms with van der Waals surface area (Å²) in [6.45, 7) is 0. The molecule has 0 aromatic rings. The topological polar surface area (TPSA) is 77.5 Å². The van der Waals surface area contributed by atoms with Crippen LogP contribution in [0.25, 0.3) is 0 Å². The van der Waals surface area contributed by atoms with E-state index in [0.717, 1.165) is 0 Å². The fourth-order valence-corrected chi connectivity index (χ4v) is 2.53. The standard InChI is InChI=1S/C4H2F8O5S2/c5-1(6)3(9,10)18(13,14)17-19(15,16)4(11,12)2(7)8/h1-2H. The highest BCUT2D eigenvalue weighted by Gasteiger charge is 2.63. The number of hydrogen-bond donors (Lipinski definition) is 0. The zero-order chi connectivity index (χ0) is 15.9. The van der Waals surface area contributed by atoms with Crippen molar-refractivity contribution in [3.05, 3.63) is 0 Å². The Kier molecular flexibility index (Phi) is 4.82. The molecule has 19 heavy (non-hydrogen) atoms. The lowest BCUT2D eigenvalue weighted by molar-refractivity contribution is -0.0744. The van der Waals surface area contributed by atoms with Gasteiger partial charge < -0.3 is 0 Å². The van der Waals surface area contributed by atoms with Crippen LogP contribution >= 0.6 is 0 Å². The third kappa shape index (κ3) is 3.25. The molecule has 0 bridgehead atoms. The zero-order valence-corrected chi connectivity index (χ0v) is 9.67. The molecule has 0 aliphatic carbocycles.